The fraction of sp³-hybridized carbons (Fsp3) is 0.154. The van der Waals surface area contributed by atoms with Gasteiger partial charge < -0.3 is 15.2 Å². The molecular formula is C13H12N2O4S. The minimum atomic E-state index is -0.680. The number of aromatic nitrogens is 1. The zero-order chi connectivity index (χ0) is 14.5. The summed E-state index contributed by atoms with van der Waals surface area (Å²) in [6.07, 6.45) is 0. The van der Waals surface area contributed by atoms with Gasteiger partial charge in [-0.05, 0) is 5.56 Å². The van der Waals surface area contributed by atoms with Crippen LogP contribution in [0.4, 0.5) is 5.00 Å². The van der Waals surface area contributed by atoms with Crippen LogP contribution in [0, 0.1) is 0 Å². The standard InChI is InChI=1S/C13H12N2O4S/c1-18-12(16)9-10(14)20-11(15-9)13(17)19-7-8-5-3-2-4-6-8/h2-6H,7,14H2,1H3. The summed E-state index contributed by atoms with van der Waals surface area (Å²) >= 11 is 0.893. The van der Waals surface area contributed by atoms with Gasteiger partial charge in [0.05, 0.1) is 7.11 Å². The van der Waals surface area contributed by atoms with Gasteiger partial charge in [0.2, 0.25) is 5.01 Å². The Bertz CT molecular complexity index is 625. The lowest BCUT2D eigenvalue weighted by atomic mass is 10.2. The van der Waals surface area contributed by atoms with Crippen LogP contribution in [0.2, 0.25) is 0 Å². The number of thiazole rings is 1. The number of anilines is 1. The smallest absolute Gasteiger partial charge is 0.367 e. The number of esters is 2. The van der Waals surface area contributed by atoms with Gasteiger partial charge in [0.1, 0.15) is 11.6 Å². The summed E-state index contributed by atoms with van der Waals surface area (Å²) in [6, 6.07) is 9.24. The molecule has 0 fully saturated rings. The first-order valence-electron chi connectivity index (χ1n) is 5.67. The van der Waals surface area contributed by atoms with E-state index in [1.807, 2.05) is 30.3 Å². The number of rotatable bonds is 4. The molecule has 7 heteroatoms. The minimum absolute atomic E-state index is 0.0267. The van der Waals surface area contributed by atoms with E-state index < -0.39 is 11.9 Å². The van der Waals surface area contributed by atoms with Crippen molar-refractivity contribution in [3.63, 3.8) is 0 Å². The highest BCUT2D eigenvalue weighted by atomic mass is 32.1. The van der Waals surface area contributed by atoms with E-state index in [0.717, 1.165) is 16.9 Å². The monoisotopic (exact) mass is 292 g/mol. The van der Waals surface area contributed by atoms with Gasteiger partial charge in [-0.15, -0.1) is 0 Å². The number of hydrogen-bond donors (Lipinski definition) is 1. The highest BCUT2D eigenvalue weighted by Crippen LogP contribution is 2.22. The van der Waals surface area contributed by atoms with Crippen molar-refractivity contribution in [3.8, 4) is 0 Å². The molecule has 2 N–H and O–H groups in total. The van der Waals surface area contributed by atoms with E-state index >= 15 is 0 Å². The van der Waals surface area contributed by atoms with Gasteiger partial charge in [-0.25, -0.2) is 14.6 Å². The van der Waals surface area contributed by atoms with Crippen LogP contribution in [0.1, 0.15) is 25.9 Å². The number of benzene rings is 1. The average molecular weight is 292 g/mol. The number of nitrogens with zero attached hydrogens (tertiary/aromatic N) is 1. The van der Waals surface area contributed by atoms with Gasteiger partial charge in [0, 0.05) is 0 Å². The fourth-order valence-corrected chi connectivity index (χ4v) is 2.16. The molecule has 0 aliphatic carbocycles. The second-order valence-electron chi connectivity index (χ2n) is 3.79. The van der Waals surface area contributed by atoms with E-state index in [4.69, 9.17) is 10.5 Å². The lowest BCUT2D eigenvalue weighted by molar-refractivity contribution is 0.0472. The number of methoxy groups -OCH3 is 1. The number of nitrogens with two attached hydrogens (primary N) is 1. The van der Waals surface area contributed by atoms with E-state index in [9.17, 15) is 9.59 Å². The van der Waals surface area contributed by atoms with Crippen molar-refractivity contribution in [2.24, 2.45) is 0 Å². The van der Waals surface area contributed by atoms with Crippen LogP contribution in [0.3, 0.4) is 0 Å². The van der Waals surface area contributed by atoms with Gasteiger partial charge in [0.15, 0.2) is 5.69 Å². The van der Waals surface area contributed by atoms with Crippen molar-refractivity contribution in [2.45, 2.75) is 6.61 Å². The molecule has 6 nitrogen and oxygen atoms in total. The summed E-state index contributed by atoms with van der Waals surface area (Å²) in [5, 5.41) is 0.155. The predicted molar refractivity (Wildman–Crippen MR) is 73.4 cm³/mol. The van der Waals surface area contributed by atoms with Gasteiger partial charge in [-0.3, -0.25) is 0 Å². The van der Waals surface area contributed by atoms with E-state index in [0.29, 0.717) is 0 Å². The Morgan fingerprint density at radius 2 is 1.95 bits per heavy atom. The number of nitrogen functional groups attached to an aromatic ring is 1. The van der Waals surface area contributed by atoms with E-state index in [-0.39, 0.29) is 22.3 Å². The lowest BCUT2D eigenvalue weighted by Gasteiger charge is -2.02. The van der Waals surface area contributed by atoms with Crippen molar-refractivity contribution >= 4 is 28.3 Å². The Morgan fingerprint density at radius 3 is 2.60 bits per heavy atom. The summed E-state index contributed by atoms with van der Waals surface area (Å²) in [7, 11) is 1.22. The summed E-state index contributed by atoms with van der Waals surface area (Å²) in [4.78, 5) is 27.0. The van der Waals surface area contributed by atoms with Crippen LogP contribution in [0.25, 0.3) is 0 Å². The Morgan fingerprint density at radius 1 is 1.25 bits per heavy atom. The second-order valence-corrected chi connectivity index (χ2v) is 4.82. The maximum absolute atomic E-state index is 11.8. The summed E-state index contributed by atoms with van der Waals surface area (Å²) < 4.78 is 9.61. The fourth-order valence-electron chi connectivity index (χ4n) is 1.45. The van der Waals surface area contributed by atoms with Crippen LogP contribution in [0.15, 0.2) is 30.3 Å². The molecule has 0 aliphatic heterocycles. The summed E-state index contributed by atoms with van der Waals surface area (Å²) in [5.74, 6) is -1.30. The normalized spacial score (nSPS) is 10.1. The third-order valence-electron chi connectivity index (χ3n) is 2.42. The zero-order valence-corrected chi connectivity index (χ0v) is 11.5. The molecule has 2 aromatic rings. The number of hydrogen-bond acceptors (Lipinski definition) is 7. The number of carbonyl (C=O) groups excluding carboxylic acids is 2. The van der Waals surface area contributed by atoms with Crippen LogP contribution >= 0.6 is 11.3 Å². The van der Waals surface area contributed by atoms with E-state index in [1.165, 1.54) is 7.11 Å². The average Bonchev–Trinajstić information content (AvgIpc) is 2.87. The zero-order valence-electron chi connectivity index (χ0n) is 10.7. The topological polar surface area (TPSA) is 91.5 Å². The highest BCUT2D eigenvalue weighted by Gasteiger charge is 2.21. The quantitative estimate of drug-likeness (QED) is 0.865. The molecule has 0 bridgehead atoms. The van der Waals surface area contributed by atoms with Gasteiger partial charge >= 0.3 is 11.9 Å². The largest absolute Gasteiger partial charge is 0.464 e. The molecule has 0 atom stereocenters. The first-order chi connectivity index (χ1) is 9.61. The molecule has 0 aliphatic rings. The highest BCUT2D eigenvalue weighted by molar-refractivity contribution is 7.17. The van der Waals surface area contributed by atoms with Crippen LogP contribution in [0.5, 0.6) is 0 Å². The molecule has 104 valence electrons. The molecule has 0 spiro atoms. The molecule has 1 heterocycles. The SMILES string of the molecule is COC(=O)c1nc(C(=O)OCc2ccccc2)sc1N. The van der Waals surface area contributed by atoms with E-state index in [2.05, 4.69) is 9.72 Å². The first kappa shape index (κ1) is 14.0. The molecule has 0 unspecified atom stereocenters. The molecule has 2 rings (SSSR count). The number of ether oxygens (including phenoxy) is 2. The van der Waals surface area contributed by atoms with Crippen molar-refractivity contribution in [2.75, 3.05) is 12.8 Å². The molecule has 0 radical (unpaired) electrons. The minimum Gasteiger partial charge on any atom is -0.464 e. The Labute approximate surface area is 119 Å². The van der Waals surface area contributed by atoms with Gasteiger partial charge in [0.25, 0.3) is 0 Å². The Kier molecular flexibility index (Phi) is 4.31. The molecule has 0 saturated carbocycles. The maximum Gasteiger partial charge on any atom is 0.367 e. The van der Waals surface area contributed by atoms with Crippen molar-refractivity contribution in [1.29, 1.82) is 0 Å². The molecule has 0 saturated heterocycles. The van der Waals surface area contributed by atoms with Gasteiger partial charge in [-0.1, -0.05) is 41.7 Å². The molecule has 20 heavy (non-hydrogen) atoms. The molecule has 0 amide bonds. The summed E-state index contributed by atoms with van der Waals surface area (Å²) in [6.45, 7) is 0.132. The van der Waals surface area contributed by atoms with Gasteiger partial charge in [-0.2, -0.15) is 0 Å². The Hall–Kier alpha value is -2.41. The van der Waals surface area contributed by atoms with Crippen LogP contribution < -0.4 is 5.73 Å². The molecular weight excluding hydrogens is 280 g/mol. The lowest BCUT2D eigenvalue weighted by Crippen LogP contribution is -2.07. The van der Waals surface area contributed by atoms with Crippen molar-refractivity contribution < 1.29 is 19.1 Å². The molecule has 1 aromatic heterocycles. The third-order valence-corrected chi connectivity index (χ3v) is 3.28. The van der Waals surface area contributed by atoms with E-state index in [1.54, 1.807) is 0 Å². The van der Waals surface area contributed by atoms with Crippen molar-refractivity contribution in [3.05, 3.63) is 46.6 Å². The first-order valence-corrected chi connectivity index (χ1v) is 6.49. The van der Waals surface area contributed by atoms with Crippen LogP contribution in [-0.2, 0) is 16.1 Å². The predicted octanol–water partition coefficient (Wildman–Crippen LogP) is 1.87. The number of carbonyl (C=O) groups is 2. The maximum atomic E-state index is 11.8. The third kappa shape index (κ3) is 3.12. The van der Waals surface area contributed by atoms with Crippen LogP contribution in [-0.4, -0.2) is 24.0 Å². The summed E-state index contributed by atoms with van der Waals surface area (Å²) in [5.41, 5.74) is 6.40. The Balaban J connectivity index is 2.05. The van der Waals surface area contributed by atoms with Crippen molar-refractivity contribution in [1.82, 2.24) is 4.98 Å². The second kappa shape index (κ2) is 6.16. The molecule has 1 aromatic carbocycles.